The predicted octanol–water partition coefficient (Wildman–Crippen LogP) is 1.65. The summed E-state index contributed by atoms with van der Waals surface area (Å²) < 4.78 is 5.23. The van der Waals surface area contributed by atoms with Gasteiger partial charge in [0.25, 0.3) is 0 Å². The highest BCUT2D eigenvalue weighted by Crippen LogP contribution is 2.11. The predicted molar refractivity (Wildman–Crippen MR) is 57.0 cm³/mol. The molecule has 0 radical (unpaired) electrons. The van der Waals surface area contributed by atoms with Gasteiger partial charge in [-0.25, -0.2) is 0 Å². The fourth-order valence-corrected chi connectivity index (χ4v) is 1.11. The molecular weight excluding hydrogens is 178 g/mol. The number of nitrogens with two attached hydrogens (primary N) is 1. The van der Waals surface area contributed by atoms with E-state index < -0.39 is 0 Å². The Labute approximate surface area is 84.2 Å². The number of nitrogens with zero attached hydrogens (tertiary/aromatic N) is 1. The lowest BCUT2D eigenvalue weighted by molar-refractivity contribution is 0.462. The standard InChI is InChI=1S/C10H17N3O/c1-3-6-12-10(11)13-8(2)9-5-4-7-14-9/h4-5,7-8H,3,6H2,1-2H3,(H3,11,12,13). The van der Waals surface area contributed by atoms with Gasteiger partial charge < -0.3 is 15.5 Å². The van der Waals surface area contributed by atoms with Crippen LogP contribution in [0.4, 0.5) is 0 Å². The van der Waals surface area contributed by atoms with Crippen LogP contribution in [-0.2, 0) is 0 Å². The summed E-state index contributed by atoms with van der Waals surface area (Å²) in [5, 5.41) is 3.05. The molecule has 0 bridgehead atoms. The van der Waals surface area contributed by atoms with Crippen LogP contribution >= 0.6 is 0 Å². The van der Waals surface area contributed by atoms with E-state index in [2.05, 4.69) is 17.2 Å². The first-order valence-electron chi connectivity index (χ1n) is 4.84. The molecule has 3 N–H and O–H groups in total. The highest BCUT2D eigenvalue weighted by Gasteiger charge is 2.07. The van der Waals surface area contributed by atoms with Gasteiger partial charge in [-0.3, -0.25) is 4.99 Å². The van der Waals surface area contributed by atoms with Crippen molar-refractivity contribution < 1.29 is 4.42 Å². The molecule has 1 heterocycles. The van der Waals surface area contributed by atoms with Crippen LogP contribution in [0, 0.1) is 0 Å². The van der Waals surface area contributed by atoms with E-state index in [1.54, 1.807) is 6.26 Å². The molecular formula is C10H17N3O. The molecule has 1 aromatic rings. The molecule has 0 aromatic carbocycles. The zero-order valence-corrected chi connectivity index (χ0v) is 8.66. The van der Waals surface area contributed by atoms with Crippen LogP contribution in [0.3, 0.4) is 0 Å². The molecule has 0 spiro atoms. The molecule has 4 nitrogen and oxygen atoms in total. The van der Waals surface area contributed by atoms with E-state index >= 15 is 0 Å². The van der Waals surface area contributed by atoms with Crippen LogP contribution in [0.5, 0.6) is 0 Å². The molecule has 1 rings (SSSR count). The lowest BCUT2D eigenvalue weighted by Gasteiger charge is -2.11. The number of rotatable bonds is 4. The fourth-order valence-electron chi connectivity index (χ4n) is 1.11. The Morgan fingerprint density at radius 2 is 2.50 bits per heavy atom. The highest BCUT2D eigenvalue weighted by molar-refractivity contribution is 5.78. The molecule has 78 valence electrons. The summed E-state index contributed by atoms with van der Waals surface area (Å²) in [6.07, 6.45) is 2.64. The minimum absolute atomic E-state index is 0.0607. The first-order chi connectivity index (χ1) is 6.74. The molecule has 1 aromatic heterocycles. The number of nitrogens with one attached hydrogen (secondary N) is 1. The Morgan fingerprint density at radius 1 is 1.71 bits per heavy atom. The molecule has 0 amide bonds. The van der Waals surface area contributed by atoms with Gasteiger partial charge in [0.15, 0.2) is 5.96 Å². The van der Waals surface area contributed by atoms with Gasteiger partial charge in [-0.1, -0.05) is 6.92 Å². The molecule has 1 atom stereocenters. The van der Waals surface area contributed by atoms with Crippen LogP contribution in [0.15, 0.2) is 27.8 Å². The molecule has 0 aliphatic rings. The summed E-state index contributed by atoms with van der Waals surface area (Å²) in [5.74, 6) is 1.33. The van der Waals surface area contributed by atoms with Crippen LogP contribution in [-0.4, -0.2) is 12.5 Å². The summed E-state index contributed by atoms with van der Waals surface area (Å²) in [6, 6.07) is 3.82. The lowest BCUT2D eigenvalue weighted by Crippen LogP contribution is -2.33. The van der Waals surface area contributed by atoms with Gasteiger partial charge in [0.2, 0.25) is 0 Å². The van der Waals surface area contributed by atoms with Crippen molar-refractivity contribution in [2.24, 2.45) is 10.7 Å². The van der Waals surface area contributed by atoms with E-state index in [1.165, 1.54) is 0 Å². The first-order valence-corrected chi connectivity index (χ1v) is 4.84. The Balaban J connectivity index is 2.44. The zero-order valence-electron chi connectivity index (χ0n) is 8.66. The number of furan rings is 1. The van der Waals surface area contributed by atoms with Gasteiger partial charge in [-0.05, 0) is 25.5 Å². The average Bonchev–Trinajstić information content (AvgIpc) is 2.67. The Hall–Kier alpha value is -1.45. The van der Waals surface area contributed by atoms with Crippen molar-refractivity contribution in [3.63, 3.8) is 0 Å². The Bertz CT molecular complexity index is 280. The van der Waals surface area contributed by atoms with Crippen LogP contribution in [0.25, 0.3) is 0 Å². The second kappa shape index (κ2) is 5.32. The van der Waals surface area contributed by atoms with Crippen molar-refractivity contribution in [2.75, 3.05) is 6.54 Å². The fraction of sp³-hybridized carbons (Fsp3) is 0.500. The molecule has 4 heteroatoms. The van der Waals surface area contributed by atoms with Crippen molar-refractivity contribution in [2.45, 2.75) is 26.3 Å². The van der Waals surface area contributed by atoms with Gasteiger partial charge in [-0.15, -0.1) is 0 Å². The highest BCUT2D eigenvalue weighted by atomic mass is 16.3. The van der Waals surface area contributed by atoms with Crippen LogP contribution < -0.4 is 11.1 Å². The van der Waals surface area contributed by atoms with Crippen molar-refractivity contribution in [1.29, 1.82) is 0 Å². The van der Waals surface area contributed by atoms with Crippen molar-refractivity contribution in [3.8, 4) is 0 Å². The second-order valence-corrected chi connectivity index (χ2v) is 3.15. The number of guanidine groups is 1. The van der Waals surface area contributed by atoms with Crippen molar-refractivity contribution in [1.82, 2.24) is 5.32 Å². The van der Waals surface area contributed by atoms with E-state index in [0.717, 1.165) is 18.7 Å². The van der Waals surface area contributed by atoms with E-state index in [4.69, 9.17) is 10.2 Å². The topological polar surface area (TPSA) is 63.5 Å². The van der Waals surface area contributed by atoms with E-state index in [-0.39, 0.29) is 6.04 Å². The maximum absolute atomic E-state index is 5.66. The largest absolute Gasteiger partial charge is 0.467 e. The summed E-state index contributed by atoms with van der Waals surface area (Å²) in [6.45, 7) is 4.80. The number of hydrogen-bond acceptors (Lipinski definition) is 2. The SMILES string of the molecule is CCCN=C(N)NC(C)c1ccco1. The van der Waals surface area contributed by atoms with E-state index in [1.807, 2.05) is 19.1 Å². The van der Waals surface area contributed by atoms with Crippen molar-refractivity contribution in [3.05, 3.63) is 24.2 Å². The molecule has 0 aliphatic carbocycles. The average molecular weight is 195 g/mol. The maximum Gasteiger partial charge on any atom is 0.189 e. The monoisotopic (exact) mass is 195 g/mol. The summed E-state index contributed by atoms with van der Waals surface area (Å²) in [7, 11) is 0. The van der Waals surface area contributed by atoms with Crippen molar-refractivity contribution >= 4 is 5.96 Å². The molecule has 0 fully saturated rings. The van der Waals surface area contributed by atoms with Crippen LogP contribution in [0.2, 0.25) is 0 Å². The molecule has 1 unspecified atom stereocenters. The second-order valence-electron chi connectivity index (χ2n) is 3.15. The Kier molecular flexibility index (Phi) is 4.04. The normalized spacial score (nSPS) is 14.0. The Morgan fingerprint density at radius 3 is 3.07 bits per heavy atom. The smallest absolute Gasteiger partial charge is 0.189 e. The zero-order chi connectivity index (χ0) is 10.4. The van der Waals surface area contributed by atoms with E-state index in [9.17, 15) is 0 Å². The van der Waals surface area contributed by atoms with Gasteiger partial charge in [0.05, 0.1) is 12.3 Å². The molecule has 0 aliphatic heterocycles. The van der Waals surface area contributed by atoms with Gasteiger partial charge >= 0.3 is 0 Å². The summed E-state index contributed by atoms with van der Waals surface area (Å²) in [5.41, 5.74) is 5.66. The minimum Gasteiger partial charge on any atom is -0.467 e. The molecule has 14 heavy (non-hydrogen) atoms. The van der Waals surface area contributed by atoms with Gasteiger partial charge in [0.1, 0.15) is 5.76 Å². The third-order valence-electron chi connectivity index (χ3n) is 1.84. The molecule has 0 saturated heterocycles. The lowest BCUT2D eigenvalue weighted by atomic mass is 10.2. The van der Waals surface area contributed by atoms with Gasteiger partial charge in [0, 0.05) is 6.54 Å². The third-order valence-corrected chi connectivity index (χ3v) is 1.84. The minimum atomic E-state index is 0.0607. The number of hydrogen-bond donors (Lipinski definition) is 2. The number of aliphatic imine (C=N–C) groups is 1. The quantitative estimate of drug-likeness (QED) is 0.567. The van der Waals surface area contributed by atoms with E-state index in [0.29, 0.717) is 5.96 Å². The van der Waals surface area contributed by atoms with Gasteiger partial charge in [-0.2, -0.15) is 0 Å². The molecule has 0 saturated carbocycles. The first kappa shape index (κ1) is 10.6. The maximum atomic E-state index is 5.66. The van der Waals surface area contributed by atoms with Crippen LogP contribution in [0.1, 0.15) is 32.1 Å². The summed E-state index contributed by atoms with van der Waals surface area (Å²) >= 11 is 0. The third kappa shape index (κ3) is 3.12. The summed E-state index contributed by atoms with van der Waals surface area (Å²) in [4.78, 5) is 4.13.